The van der Waals surface area contributed by atoms with Crippen molar-refractivity contribution in [2.45, 2.75) is 90.6 Å². The number of amides is 1. The molecule has 2 aliphatic heterocycles. The number of aliphatic hydroxyl groups is 1. The number of carbonyl (C=O) groups excluding carboxylic acids is 3. The SMILES string of the molecule is CC[C@@]1(O)C(=O)OCc2c1cc1n(c2=O)Cc2c-1nc1ccc(CC(=O)[C@H](C)NC(=O)[C@@H](N)C(C)C)c3c1c2CCC3. The molecule has 3 aliphatic rings. The number of ketones is 1. The maximum Gasteiger partial charge on any atom is 0.343 e. The van der Waals surface area contributed by atoms with Crippen LogP contribution in [-0.4, -0.2) is 44.4 Å². The number of nitrogens with zero attached hydrogens (tertiary/aromatic N) is 2. The fraction of sp³-hybridized carbons (Fsp3) is 0.469. The third kappa shape index (κ3) is 4.19. The molecule has 220 valence electrons. The Morgan fingerprint density at radius 3 is 2.60 bits per heavy atom. The maximum absolute atomic E-state index is 13.6. The largest absolute Gasteiger partial charge is 0.458 e. The van der Waals surface area contributed by atoms with Crippen LogP contribution in [-0.2, 0) is 57.1 Å². The number of aromatic nitrogens is 2. The number of cyclic esters (lactones) is 1. The Kier molecular flexibility index (Phi) is 6.81. The van der Waals surface area contributed by atoms with Crippen LogP contribution in [0.2, 0.25) is 0 Å². The van der Waals surface area contributed by atoms with Crippen LogP contribution in [0.3, 0.4) is 0 Å². The van der Waals surface area contributed by atoms with Gasteiger partial charge in [0.1, 0.15) is 6.61 Å². The standard InChI is InChI=1S/C32H36N4O6/c1-5-32(41)22-12-24-28-20(13-36(24)30(39)21(22)14-42-31(32)40)19-8-6-7-18-17(9-10-23(35-28)26(18)19)11-25(37)16(4)34-29(38)27(33)15(2)3/h9-10,12,15-16,27,41H,5-8,11,13-14,33H2,1-4H3,(H,34,38)/t16-,27-,32-/m0/s1. The summed E-state index contributed by atoms with van der Waals surface area (Å²) in [6.07, 6.45) is 2.77. The zero-order chi connectivity index (χ0) is 30.1. The number of hydrogen-bond acceptors (Lipinski definition) is 8. The summed E-state index contributed by atoms with van der Waals surface area (Å²) in [6, 6.07) is 4.22. The van der Waals surface area contributed by atoms with Crippen molar-refractivity contribution in [1.82, 2.24) is 14.9 Å². The van der Waals surface area contributed by atoms with Crippen LogP contribution in [0.15, 0.2) is 23.0 Å². The summed E-state index contributed by atoms with van der Waals surface area (Å²) in [6.45, 7) is 7.27. The maximum atomic E-state index is 13.6. The average molecular weight is 573 g/mol. The number of Topliss-reactive ketones (excluding diaryl/α,β-unsaturated/α-hetero) is 1. The lowest BCUT2D eigenvalue weighted by atomic mass is 9.83. The number of ether oxygens (including phenoxy) is 1. The predicted molar refractivity (Wildman–Crippen MR) is 156 cm³/mol. The molecule has 10 nitrogen and oxygen atoms in total. The van der Waals surface area contributed by atoms with Gasteiger partial charge in [-0.3, -0.25) is 14.4 Å². The summed E-state index contributed by atoms with van der Waals surface area (Å²) in [5.41, 5.74) is 10.5. The highest BCUT2D eigenvalue weighted by atomic mass is 16.6. The molecule has 1 aromatic carbocycles. The fourth-order valence-corrected chi connectivity index (χ4v) is 6.59. The van der Waals surface area contributed by atoms with Gasteiger partial charge in [-0.25, -0.2) is 9.78 Å². The number of pyridine rings is 2. The molecule has 6 rings (SSSR count). The third-order valence-electron chi connectivity index (χ3n) is 9.25. The smallest absolute Gasteiger partial charge is 0.343 e. The second kappa shape index (κ2) is 10.1. The number of hydrogen-bond donors (Lipinski definition) is 3. The molecule has 10 heteroatoms. The van der Waals surface area contributed by atoms with Gasteiger partial charge in [0.2, 0.25) is 5.91 Å². The van der Waals surface area contributed by atoms with Crippen molar-refractivity contribution < 1.29 is 24.2 Å². The van der Waals surface area contributed by atoms with E-state index in [0.29, 0.717) is 29.1 Å². The lowest BCUT2D eigenvalue weighted by Crippen LogP contribution is -2.49. The van der Waals surface area contributed by atoms with E-state index in [4.69, 9.17) is 15.5 Å². The number of esters is 1. The molecule has 3 atom stereocenters. The summed E-state index contributed by atoms with van der Waals surface area (Å²) in [5, 5.41) is 14.9. The van der Waals surface area contributed by atoms with Crippen LogP contribution in [0.4, 0.5) is 0 Å². The number of fused-ring (bicyclic) bond motifs is 5. The summed E-state index contributed by atoms with van der Waals surface area (Å²) >= 11 is 0. The van der Waals surface area contributed by atoms with Gasteiger partial charge in [-0.1, -0.05) is 26.8 Å². The molecular formula is C32H36N4O6. The molecule has 0 fully saturated rings. The Balaban J connectivity index is 1.39. The van der Waals surface area contributed by atoms with Gasteiger partial charge in [-0.05, 0) is 67.3 Å². The molecule has 2 aromatic heterocycles. The summed E-state index contributed by atoms with van der Waals surface area (Å²) in [5.74, 6) is -1.21. The zero-order valence-electron chi connectivity index (χ0n) is 24.4. The minimum atomic E-state index is -1.87. The fourth-order valence-electron chi connectivity index (χ4n) is 6.59. The van der Waals surface area contributed by atoms with Gasteiger partial charge in [-0.15, -0.1) is 0 Å². The molecule has 0 saturated heterocycles. The van der Waals surface area contributed by atoms with Gasteiger partial charge in [0.25, 0.3) is 5.56 Å². The van der Waals surface area contributed by atoms with Crippen LogP contribution in [0.25, 0.3) is 22.3 Å². The Labute approximate surface area is 243 Å². The molecule has 0 spiro atoms. The number of aryl methyl sites for hydroxylation is 2. The van der Waals surface area contributed by atoms with Crippen molar-refractivity contribution in [2.75, 3.05) is 0 Å². The highest BCUT2D eigenvalue weighted by molar-refractivity contribution is 5.95. The van der Waals surface area contributed by atoms with Crippen LogP contribution in [0, 0.1) is 5.92 Å². The van der Waals surface area contributed by atoms with Gasteiger partial charge in [0.15, 0.2) is 11.4 Å². The van der Waals surface area contributed by atoms with Crippen molar-refractivity contribution >= 4 is 28.6 Å². The van der Waals surface area contributed by atoms with E-state index in [0.717, 1.165) is 52.4 Å². The zero-order valence-corrected chi connectivity index (χ0v) is 24.4. The van der Waals surface area contributed by atoms with E-state index in [1.54, 1.807) is 24.5 Å². The normalized spacial score (nSPS) is 20.0. The first-order chi connectivity index (χ1) is 20.0. The molecular weight excluding hydrogens is 536 g/mol. The van der Waals surface area contributed by atoms with E-state index in [1.165, 1.54) is 0 Å². The molecule has 42 heavy (non-hydrogen) atoms. The highest BCUT2D eigenvalue weighted by Crippen LogP contribution is 2.43. The average Bonchev–Trinajstić information content (AvgIpc) is 3.35. The van der Waals surface area contributed by atoms with Crippen LogP contribution >= 0.6 is 0 Å². The minimum Gasteiger partial charge on any atom is -0.458 e. The van der Waals surface area contributed by atoms with Crippen LogP contribution in [0.1, 0.15) is 73.9 Å². The van der Waals surface area contributed by atoms with E-state index in [-0.39, 0.29) is 42.6 Å². The van der Waals surface area contributed by atoms with E-state index < -0.39 is 23.7 Å². The van der Waals surface area contributed by atoms with E-state index in [2.05, 4.69) is 5.32 Å². The quantitative estimate of drug-likeness (QED) is 0.285. The topological polar surface area (TPSA) is 154 Å². The van der Waals surface area contributed by atoms with Crippen molar-refractivity contribution in [2.24, 2.45) is 11.7 Å². The van der Waals surface area contributed by atoms with E-state index in [1.807, 2.05) is 26.0 Å². The molecule has 0 bridgehead atoms. The number of rotatable bonds is 7. The molecule has 0 unspecified atom stereocenters. The summed E-state index contributed by atoms with van der Waals surface area (Å²) in [4.78, 5) is 56.7. The van der Waals surface area contributed by atoms with Gasteiger partial charge in [0.05, 0.1) is 41.1 Å². The monoisotopic (exact) mass is 572 g/mol. The molecule has 1 aliphatic carbocycles. The molecule has 4 heterocycles. The Morgan fingerprint density at radius 1 is 1.14 bits per heavy atom. The van der Waals surface area contributed by atoms with Gasteiger partial charge in [0, 0.05) is 22.9 Å². The molecule has 1 amide bonds. The lowest BCUT2D eigenvalue weighted by Gasteiger charge is -2.31. The molecule has 0 saturated carbocycles. The second-order valence-electron chi connectivity index (χ2n) is 12.1. The Bertz CT molecular complexity index is 1740. The molecule has 0 radical (unpaired) electrons. The second-order valence-corrected chi connectivity index (χ2v) is 12.1. The highest BCUT2D eigenvalue weighted by Gasteiger charge is 2.45. The van der Waals surface area contributed by atoms with Crippen LogP contribution < -0.4 is 16.6 Å². The predicted octanol–water partition coefficient (Wildman–Crippen LogP) is 2.17. The Hall–Kier alpha value is -3.89. The van der Waals surface area contributed by atoms with E-state index in [9.17, 15) is 24.3 Å². The third-order valence-corrected chi connectivity index (χ3v) is 9.25. The first-order valence-electron chi connectivity index (χ1n) is 14.7. The van der Waals surface area contributed by atoms with E-state index >= 15 is 0 Å². The number of carbonyl (C=O) groups is 3. The van der Waals surface area contributed by atoms with Gasteiger partial charge in [-0.2, -0.15) is 0 Å². The molecule has 3 aromatic rings. The van der Waals surface area contributed by atoms with Crippen molar-refractivity contribution in [1.29, 1.82) is 0 Å². The van der Waals surface area contributed by atoms with Crippen LogP contribution in [0.5, 0.6) is 0 Å². The first-order valence-corrected chi connectivity index (χ1v) is 14.7. The lowest BCUT2D eigenvalue weighted by molar-refractivity contribution is -0.172. The first kappa shape index (κ1) is 28.2. The number of benzene rings is 1. The minimum absolute atomic E-state index is 0.0361. The number of nitrogens with one attached hydrogen (secondary N) is 1. The summed E-state index contributed by atoms with van der Waals surface area (Å²) < 4.78 is 6.85. The van der Waals surface area contributed by atoms with Crippen molar-refractivity contribution in [3.63, 3.8) is 0 Å². The summed E-state index contributed by atoms with van der Waals surface area (Å²) in [7, 11) is 0. The van der Waals surface area contributed by atoms with Gasteiger partial charge < -0.3 is 25.5 Å². The molecule has 4 N–H and O–H groups in total. The van der Waals surface area contributed by atoms with Gasteiger partial charge >= 0.3 is 5.97 Å². The van der Waals surface area contributed by atoms with Crippen molar-refractivity contribution in [3.8, 4) is 11.4 Å². The van der Waals surface area contributed by atoms with Crippen molar-refractivity contribution in [3.05, 3.63) is 61.9 Å². The Morgan fingerprint density at radius 2 is 1.88 bits per heavy atom. The number of nitrogens with two attached hydrogens (primary N) is 1.